The summed E-state index contributed by atoms with van der Waals surface area (Å²) in [5.41, 5.74) is 7.61. The Morgan fingerprint density at radius 2 is 1.62 bits per heavy atom. The lowest BCUT2D eigenvalue weighted by molar-refractivity contribution is -0.129. The molecule has 170 valence electrons. The van der Waals surface area contributed by atoms with Crippen molar-refractivity contribution < 1.29 is 18.9 Å². The number of hydrogen-bond acceptors (Lipinski definition) is 6. The quantitative estimate of drug-likeness (QED) is 0.746. The lowest BCUT2D eigenvalue weighted by Crippen LogP contribution is -2.56. The number of carbonyl (C=O) groups excluding carboxylic acids is 3. The molecule has 1 saturated carbocycles. The van der Waals surface area contributed by atoms with E-state index in [0.717, 1.165) is 31.2 Å². The monoisotopic (exact) mass is 439 g/mol. The maximum Gasteiger partial charge on any atom is 0.278 e. The van der Waals surface area contributed by atoms with Gasteiger partial charge in [0, 0.05) is 36.8 Å². The topological polar surface area (TPSA) is 122 Å². The summed E-state index contributed by atoms with van der Waals surface area (Å²) in [6.07, 6.45) is 2.18. The van der Waals surface area contributed by atoms with Gasteiger partial charge in [-0.25, -0.2) is 0 Å². The van der Waals surface area contributed by atoms with Gasteiger partial charge in [-0.3, -0.25) is 14.4 Å². The fourth-order valence-corrected chi connectivity index (χ4v) is 4.35. The summed E-state index contributed by atoms with van der Waals surface area (Å²) in [5, 5.41) is 6.84. The zero-order chi connectivity index (χ0) is 22.8. The number of nitrogens with zero attached hydrogens (tertiary/aromatic N) is 3. The minimum absolute atomic E-state index is 0.0227. The average Bonchev–Trinajstić information content (AvgIpc) is 3.41. The van der Waals surface area contributed by atoms with Crippen LogP contribution < -0.4 is 11.1 Å². The van der Waals surface area contributed by atoms with Crippen molar-refractivity contribution >= 4 is 17.7 Å². The van der Waals surface area contributed by atoms with Gasteiger partial charge < -0.3 is 25.4 Å². The minimum Gasteiger partial charge on any atom is -0.361 e. The Bertz CT molecular complexity index is 994. The molecule has 1 aromatic carbocycles. The lowest BCUT2D eigenvalue weighted by atomic mass is 9.92. The molecule has 1 aliphatic carbocycles. The third kappa shape index (κ3) is 4.52. The molecule has 32 heavy (non-hydrogen) atoms. The van der Waals surface area contributed by atoms with Crippen molar-refractivity contribution in [2.45, 2.75) is 57.8 Å². The van der Waals surface area contributed by atoms with Crippen LogP contribution in [0.4, 0.5) is 0 Å². The first-order valence-corrected chi connectivity index (χ1v) is 11.0. The molecule has 0 radical (unpaired) electrons. The maximum absolute atomic E-state index is 13.4. The van der Waals surface area contributed by atoms with Gasteiger partial charge in [0.2, 0.25) is 0 Å². The van der Waals surface area contributed by atoms with Crippen LogP contribution in [0, 0.1) is 13.8 Å². The van der Waals surface area contributed by atoms with Crippen molar-refractivity contribution in [3.63, 3.8) is 0 Å². The Morgan fingerprint density at radius 3 is 2.22 bits per heavy atom. The third-order valence-corrected chi connectivity index (χ3v) is 6.19. The number of benzene rings is 1. The maximum atomic E-state index is 13.4. The van der Waals surface area contributed by atoms with E-state index in [-0.39, 0.29) is 42.7 Å². The molecule has 0 spiro atoms. The van der Waals surface area contributed by atoms with Crippen molar-refractivity contribution in [2.24, 2.45) is 5.73 Å². The highest BCUT2D eigenvalue weighted by molar-refractivity contribution is 6.01. The zero-order valence-corrected chi connectivity index (χ0v) is 18.4. The highest BCUT2D eigenvalue weighted by Crippen LogP contribution is 2.23. The van der Waals surface area contributed by atoms with Crippen molar-refractivity contribution in [3.8, 4) is 0 Å². The molecule has 3 amide bonds. The molecule has 1 aromatic heterocycles. The second kappa shape index (κ2) is 9.12. The smallest absolute Gasteiger partial charge is 0.278 e. The van der Waals surface area contributed by atoms with E-state index < -0.39 is 12.1 Å². The molecule has 2 aromatic rings. The van der Waals surface area contributed by atoms with Crippen LogP contribution in [0.5, 0.6) is 0 Å². The largest absolute Gasteiger partial charge is 0.361 e. The van der Waals surface area contributed by atoms with Crippen LogP contribution in [0.3, 0.4) is 0 Å². The van der Waals surface area contributed by atoms with Gasteiger partial charge in [0.05, 0.1) is 0 Å². The van der Waals surface area contributed by atoms with Crippen LogP contribution in [0.2, 0.25) is 0 Å². The summed E-state index contributed by atoms with van der Waals surface area (Å²) in [5.74, 6) is -0.592. The normalized spacial score (nSPS) is 23.3. The molecule has 9 heteroatoms. The van der Waals surface area contributed by atoms with Gasteiger partial charge in [-0.1, -0.05) is 22.9 Å². The first-order valence-electron chi connectivity index (χ1n) is 11.0. The van der Waals surface area contributed by atoms with E-state index in [1.165, 1.54) is 15.9 Å². The molecule has 9 nitrogen and oxygen atoms in total. The van der Waals surface area contributed by atoms with Crippen molar-refractivity contribution in [2.75, 3.05) is 13.1 Å². The molecule has 1 aliphatic heterocycles. The zero-order valence-electron chi connectivity index (χ0n) is 18.4. The molecular weight excluding hydrogens is 410 g/mol. The van der Waals surface area contributed by atoms with E-state index in [0.29, 0.717) is 11.3 Å². The molecule has 2 aliphatic rings. The molecule has 0 bridgehead atoms. The molecule has 4 rings (SSSR count). The van der Waals surface area contributed by atoms with Gasteiger partial charge >= 0.3 is 0 Å². The van der Waals surface area contributed by atoms with Gasteiger partial charge in [-0.15, -0.1) is 0 Å². The van der Waals surface area contributed by atoms with Crippen LogP contribution >= 0.6 is 0 Å². The number of aryl methyl sites for hydroxylation is 2. The number of nitrogens with two attached hydrogens (primary N) is 1. The van der Waals surface area contributed by atoms with E-state index in [4.69, 9.17) is 10.3 Å². The van der Waals surface area contributed by atoms with E-state index in [1.54, 1.807) is 19.1 Å². The summed E-state index contributed by atoms with van der Waals surface area (Å²) in [4.78, 5) is 42.6. The number of carbonyl (C=O) groups is 3. The number of nitrogens with one attached hydrogen (secondary N) is 1. The Kier molecular flexibility index (Phi) is 6.27. The highest BCUT2D eigenvalue weighted by atomic mass is 16.5. The van der Waals surface area contributed by atoms with E-state index in [1.807, 2.05) is 19.1 Å². The summed E-state index contributed by atoms with van der Waals surface area (Å²) >= 11 is 0. The van der Waals surface area contributed by atoms with Gasteiger partial charge in [0.15, 0.2) is 11.9 Å². The van der Waals surface area contributed by atoms with Gasteiger partial charge in [-0.05, 0) is 51.7 Å². The molecule has 2 heterocycles. The Balaban J connectivity index is 1.58. The SMILES string of the molecule is Cc1ccc(C(=O)N2CCN(C(=O)c3cc(C)on3)C2C(=O)NC2CCC(N)CC2)cc1. The highest BCUT2D eigenvalue weighted by Gasteiger charge is 2.44. The van der Waals surface area contributed by atoms with Crippen molar-refractivity contribution in [1.29, 1.82) is 0 Å². The first kappa shape index (κ1) is 22.0. The molecule has 1 saturated heterocycles. The summed E-state index contributed by atoms with van der Waals surface area (Å²) in [6.45, 7) is 4.12. The van der Waals surface area contributed by atoms with E-state index in [9.17, 15) is 14.4 Å². The number of aromatic nitrogens is 1. The Labute approximate surface area is 186 Å². The molecule has 1 atom stereocenters. The van der Waals surface area contributed by atoms with Crippen molar-refractivity contribution in [3.05, 3.63) is 52.9 Å². The Hall–Kier alpha value is -3.20. The second-order valence-corrected chi connectivity index (χ2v) is 8.68. The first-order chi connectivity index (χ1) is 15.3. The van der Waals surface area contributed by atoms with Gasteiger partial charge in [0.25, 0.3) is 17.7 Å². The standard InChI is InChI=1S/C23H29N5O4/c1-14-3-5-16(6-4-14)22(30)27-11-12-28(23(31)19-13-15(2)32-26-19)21(27)20(29)25-18-9-7-17(24)8-10-18/h3-6,13,17-18,21H,7-12,24H2,1-2H3,(H,25,29). The fourth-order valence-electron chi connectivity index (χ4n) is 4.35. The molecule has 1 unspecified atom stereocenters. The van der Waals surface area contributed by atoms with E-state index in [2.05, 4.69) is 10.5 Å². The summed E-state index contributed by atoms with van der Waals surface area (Å²) in [7, 11) is 0. The summed E-state index contributed by atoms with van der Waals surface area (Å²) in [6, 6.07) is 8.84. The molecule has 2 fully saturated rings. The summed E-state index contributed by atoms with van der Waals surface area (Å²) < 4.78 is 5.04. The average molecular weight is 440 g/mol. The lowest BCUT2D eigenvalue weighted by Gasteiger charge is -2.32. The predicted molar refractivity (Wildman–Crippen MR) is 117 cm³/mol. The number of rotatable bonds is 4. The van der Waals surface area contributed by atoms with Crippen LogP contribution in [0.1, 0.15) is 57.9 Å². The van der Waals surface area contributed by atoms with Gasteiger partial charge in [-0.2, -0.15) is 0 Å². The predicted octanol–water partition coefficient (Wildman–Crippen LogP) is 1.60. The Morgan fingerprint density at radius 1 is 1.00 bits per heavy atom. The minimum atomic E-state index is -1.05. The number of amides is 3. The molecule has 3 N–H and O–H groups in total. The van der Waals surface area contributed by atoms with Crippen LogP contribution in [-0.4, -0.2) is 64.0 Å². The van der Waals surface area contributed by atoms with Crippen LogP contribution in [-0.2, 0) is 4.79 Å². The fraction of sp³-hybridized carbons (Fsp3) is 0.478. The van der Waals surface area contributed by atoms with Crippen LogP contribution in [0.15, 0.2) is 34.9 Å². The second-order valence-electron chi connectivity index (χ2n) is 8.68. The van der Waals surface area contributed by atoms with Crippen LogP contribution in [0.25, 0.3) is 0 Å². The van der Waals surface area contributed by atoms with E-state index >= 15 is 0 Å². The van der Waals surface area contributed by atoms with Gasteiger partial charge in [0.1, 0.15) is 5.76 Å². The van der Waals surface area contributed by atoms with Crippen molar-refractivity contribution in [1.82, 2.24) is 20.3 Å². The number of hydrogen-bond donors (Lipinski definition) is 2. The molecular formula is C23H29N5O4. The third-order valence-electron chi connectivity index (χ3n) is 6.19.